The average molecular weight is 353 g/mol. The maximum atomic E-state index is 12.5. The molecule has 0 atom stereocenters. The molecule has 1 fully saturated rings. The molecule has 1 aliphatic heterocycles. The summed E-state index contributed by atoms with van der Waals surface area (Å²) in [5.74, 6) is 0. The monoisotopic (exact) mass is 352 g/mol. The summed E-state index contributed by atoms with van der Waals surface area (Å²) >= 11 is 5.78. The van der Waals surface area contributed by atoms with E-state index in [-0.39, 0.29) is 4.90 Å². The van der Waals surface area contributed by atoms with Crippen molar-refractivity contribution >= 4 is 21.6 Å². The lowest BCUT2D eigenvalue weighted by atomic mass is 10.2. The summed E-state index contributed by atoms with van der Waals surface area (Å²) in [6.07, 6.45) is 4.71. The Labute approximate surface area is 140 Å². The molecule has 1 aliphatic rings. The van der Waals surface area contributed by atoms with Gasteiger partial charge in [0.15, 0.2) is 0 Å². The van der Waals surface area contributed by atoms with Gasteiger partial charge in [0.2, 0.25) is 10.0 Å². The molecule has 0 aromatic carbocycles. The van der Waals surface area contributed by atoms with Gasteiger partial charge in [-0.2, -0.15) is 4.31 Å². The molecule has 0 amide bonds. The maximum absolute atomic E-state index is 12.5. The topological polar surface area (TPSA) is 66.4 Å². The molecule has 0 unspecified atom stereocenters. The zero-order valence-electron chi connectivity index (χ0n) is 12.5. The first-order valence-corrected chi connectivity index (χ1v) is 9.10. The Bertz CT molecular complexity index is 745. The van der Waals surface area contributed by atoms with Crippen molar-refractivity contribution in [2.75, 3.05) is 26.2 Å². The van der Waals surface area contributed by atoms with Gasteiger partial charge in [-0.25, -0.2) is 13.4 Å². The van der Waals surface area contributed by atoms with E-state index >= 15 is 0 Å². The first-order valence-electron chi connectivity index (χ1n) is 7.29. The van der Waals surface area contributed by atoms with Crippen molar-refractivity contribution in [2.45, 2.75) is 11.4 Å². The van der Waals surface area contributed by atoms with Crippen molar-refractivity contribution in [1.29, 1.82) is 0 Å². The minimum atomic E-state index is -3.45. The summed E-state index contributed by atoms with van der Waals surface area (Å²) < 4.78 is 26.6. The molecular formula is C15H17ClN4O2S. The lowest BCUT2D eigenvalue weighted by Gasteiger charge is -2.33. The molecule has 23 heavy (non-hydrogen) atoms. The van der Waals surface area contributed by atoms with Gasteiger partial charge in [-0.15, -0.1) is 0 Å². The normalized spacial score (nSPS) is 17.3. The van der Waals surface area contributed by atoms with E-state index in [1.54, 1.807) is 30.6 Å². The van der Waals surface area contributed by atoms with Crippen LogP contribution in [-0.2, 0) is 16.6 Å². The van der Waals surface area contributed by atoms with Gasteiger partial charge < -0.3 is 0 Å². The Morgan fingerprint density at radius 3 is 2.48 bits per heavy atom. The first-order chi connectivity index (χ1) is 11.1. The third-order valence-electron chi connectivity index (χ3n) is 3.80. The highest BCUT2D eigenvalue weighted by molar-refractivity contribution is 7.89. The van der Waals surface area contributed by atoms with Crippen molar-refractivity contribution in [1.82, 2.24) is 19.2 Å². The second kappa shape index (κ2) is 6.92. The van der Waals surface area contributed by atoms with Crippen LogP contribution in [0.15, 0.2) is 47.8 Å². The van der Waals surface area contributed by atoms with Gasteiger partial charge in [0.25, 0.3) is 0 Å². The summed E-state index contributed by atoms with van der Waals surface area (Å²) in [6.45, 7) is 3.05. The van der Waals surface area contributed by atoms with Gasteiger partial charge in [-0.3, -0.25) is 9.88 Å². The van der Waals surface area contributed by atoms with Crippen molar-refractivity contribution in [3.05, 3.63) is 53.6 Å². The highest BCUT2D eigenvalue weighted by Gasteiger charge is 2.28. The molecule has 0 bridgehead atoms. The van der Waals surface area contributed by atoms with Crippen LogP contribution in [0.25, 0.3) is 0 Å². The molecule has 0 radical (unpaired) electrons. The summed E-state index contributed by atoms with van der Waals surface area (Å²) in [4.78, 5) is 10.4. The molecular weight excluding hydrogens is 336 g/mol. The van der Waals surface area contributed by atoms with E-state index in [1.165, 1.54) is 10.5 Å². The zero-order valence-corrected chi connectivity index (χ0v) is 14.0. The van der Waals surface area contributed by atoms with Crippen LogP contribution in [0.1, 0.15) is 5.56 Å². The molecule has 3 heterocycles. The van der Waals surface area contributed by atoms with E-state index in [4.69, 9.17) is 11.6 Å². The van der Waals surface area contributed by atoms with Crippen molar-refractivity contribution in [3.63, 3.8) is 0 Å². The Balaban J connectivity index is 1.61. The van der Waals surface area contributed by atoms with Crippen LogP contribution in [0.3, 0.4) is 0 Å². The summed E-state index contributed by atoms with van der Waals surface area (Å²) in [7, 11) is -3.45. The number of sulfonamides is 1. The summed E-state index contributed by atoms with van der Waals surface area (Å²) in [5.41, 5.74) is 1.07. The average Bonchev–Trinajstić information content (AvgIpc) is 2.58. The van der Waals surface area contributed by atoms with Gasteiger partial charge >= 0.3 is 0 Å². The molecule has 8 heteroatoms. The number of hydrogen-bond acceptors (Lipinski definition) is 5. The van der Waals surface area contributed by atoms with E-state index < -0.39 is 10.0 Å². The molecule has 0 aliphatic carbocycles. The Kier molecular flexibility index (Phi) is 4.91. The second-order valence-corrected chi connectivity index (χ2v) is 7.68. The number of aromatic nitrogens is 2. The summed E-state index contributed by atoms with van der Waals surface area (Å²) in [6, 6.07) is 6.92. The van der Waals surface area contributed by atoms with Crippen LogP contribution in [0.4, 0.5) is 0 Å². The highest BCUT2D eigenvalue weighted by Crippen LogP contribution is 2.17. The SMILES string of the molecule is O=S(=O)(c1cccnc1)N1CCN(Cc2ccc(Cl)nc2)CC1. The molecule has 122 valence electrons. The van der Waals surface area contributed by atoms with Crippen molar-refractivity contribution in [2.24, 2.45) is 0 Å². The number of halogens is 1. The number of hydrogen-bond donors (Lipinski definition) is 0. The Morgan fingerprint density at radius 2 is 1.87 bits per heavy atom. The number of pyridine rings is 2. The van der Waals surface area contributed by atoms with Gasteiger partial charge in [0.1, 0.15) is 10.0 Å². The van der Waals surface area contributed by atoms with Gasteiger partial charge in [-0.05, 0) is 23.8 Å². The first kappa shape index (κ1) is 16.3. The number of nitrogens with zero attached hydrogens (tertiary/aromatic N) is 4. The molecule has 1 saturated heterocycles. The second-order valence-electron chi connectivity index (χ2n) is 5.36. The van der Waals surface area contributed by atoms with Crippen LogP contribution in [-0.4, -0.2) is 53.8 Å². The van der Waals surface area contributed by atoms with Gasteiger partial charge in [0, 0.05) is 51.3 Å². The lowest BCUT2D eigenvalue weighted by Crippen LogP contribution is -2.48. The molecule has 6 nitrogen and oxygen atoms in total. The highest BCUT2D eigenvalue weighted by atomic mass is 35.5. The van der Waals surface area contributed by atoms with E-state index in [9.17, 15) is 8.42 Å². The van der Waals surface area contributed by atoms with E-state index in [2.05, 4.69) is 14.9 Å². The van der Waals surface area contributed by atoms with E-state index in [0.29, 0.717) is 31.3 Å². The van der Waals surface area contributed by atoms with Crippen molar-refractivity contribution in [3.8, 4) is 0 Å². The van der Waals surface area contributed by atoms with E-state index in [1.807, 2.05) is 6.07 Å². The quantitative estimate of drug-likeness (QED) is 0.782. The largest absolute Gasteiger partial charge is 0.296 e. The molecule has 0 spiro atoms. The third-order valence-corrected chi connectivity index (χ3v) is 5.90. The van der Waals surface area contributed by atoms with Gasteiger partial charge in [0.05, 0.1) is 0 Å². The predicted octanol–water partition coefficient (Wildman–Crippen LogP) is 1.64. The summed E-state index contributed by atoms with van der Waals surface area (Å²) in [5, 5.41) is 0.473. The van der Waals surface area contributed by atoms with Crippen LogP contribution in [0, 0.1) is 0 Å². The molecule has 0 saturated carbocycles. The molecule has 2 aromatic heterocycles. The van der Waals surface area contributed by atoms with Crippen molar-refractivity contribution < 1.29 is 8.42 Å². The molecule has 0 N–H and O–H groups in total. The van der Waals surface area contributed by atoms with Crippen LogP contribution in [0.5, 0.6) is 0 Å². The van der Waals surface area contributed by atoms with E-state index in [0.717, 1.165) is 12.1 Å². The minimum absolute atomic E-state index is 0.246. The van der Waals surface area contributed by atoms with Crippen LogP contribution >= 0.6 is 11.6 Å². The lowest BCUT2D eigenvalue weighted by molar-refractivity contribution is 0.181. The van der Waals surface area contributed by atoms with Crippen LogP contribution in [0.2, 0.25) is 5.15 Å². The zero-order chi connectivity index (χ0) is 16.3. The fourth-order valence-electron chi connectivity index (χ4n) is 2.53. The smallest absolute Gasteiger partial charge is 0.244 e. The third kappa shape index (κ3) is 3.87. The predicted molar refractivity (Wildman–Crippen MR) is 87.5 cm³/mol. The number of piperazine rings is 1. The standard InChI is InChI=1S/C15H17ClN4O2S/c16-15-4-3-13(10-18-15)12-19-6-8-20(9-7-19)23(21,22)14-2-1-5-17-11-14/h1-5,10-11H,6-9,12H2. The fourth-order valence-corrected chi connectivity index (χ4v) is 4.03. The minimum Gasteiger partial charge on any atom is -0.296 e. The number of rotatable bonds is 4. The molecule has 2 aromatic rings. The Morgan fingerprint density at radius 1 is 1.09 bits per heavy atom. The van der Waals surface area contributed by atoms with Gasteiger partial charge in [-0.1, -0.05) is 17.7 Å². The van der Waals surface area contributed by atoms with Crippen LogP contribution < -0.4 is 0 Å². The maximum Gasteiger partial charge on any atom is 0.244 e. The fraction of sp³-hybridized carbons (Fsp3) is 0.333. The Hall–Kier alpha value is -1.54. The molecule has 3 rings (SSSR count).